The number of hydrogen-bond acceptors (Lipinski definition) is 3. The van der Waals surface area contributed by atoms with Gasteiger partial charge in [0.15, 0.2) is 0 Å². The highest BCUT2D eigenvalue weighted by atomic mass is 79.9. The van der Waals surface area contributed by atoms with E-state index in [4.69, 9.17) is 22.1 Å². The van der Waals surface area contributed by atoms with Crippen LogP contribution in [0.1, 0.15) is 17.2 Å². The van der Waals surface area contributed by atoms with Crippen molar-refractivity contribution in [1.82, 2.24) is 4.98 Å². The fraction of sp³-hybridized carbons (Fsp3) is 0.214. The Balaban J connectivity index is 2.18. The number of halogens is 2. The maximum Gasteiger partial charge on any atom is 0.133 e. The number of aromatic nitrogens is 1. The summed E-state index contributed by atoms with van der Waals surface area (Å²) in [6, 6.07) is 7.60. The lowest BCUT2D eigenvalue weighted by molar-refractivity contribution is 0.412. The van der Waals surface area contributed by atoms with E-state index in [1.54, 1.807) is 19.5 Å². The fourth-order valence-corrected chi connectivity index (χ4v) is 2.59. The summed E-state index contributed by atoms with van der Waals surface area (Å²) in [5.41, 5.74) is 8.24. The fourth-order valence-electron chi connectivity index (χ4n) is 1.84. The van der Waals surface area contributed by atoms with Crippen molar-refractivity contribution in [1.29, 1.82) is 0 Å². The van der Waals surface area contributed by atoms with Gasteiger partial charge in [-0.1, -0.05) is 17.7 Å². The van der Waals surface area contributed by atoms with Crippen LogP contribution >= 0.6 is 27.5 Å². The summed E-state index contributed by atoms with van der Waals surface area (Å²) < 4.78 is 6.09. The largest absolute Gasteiger partial charge is 0.496 e. The lowest BCUT2D eigenvalue weighted by Crippen LogP contribution is -2.13. The Morgan fingerprint density at radius 2 is 2.21 bits per heavy atom. The minimum absolute atomic E-state index is 0.123. The zero-order valence-corrected chi connectivity index (χ0v) is 12.8. The molecule has 19 heavy (non-hydrogen) atoms. The first-order valence-electron chi connectivity index (χ1n) is 5.79. The van der Waals surface area contributed by atoms with Crippen molar-refractivity contribution in [2.24, 2.45) is 5.73 Å². The number of methoxy groups -OCH3 is 1. The SMILES string of the molecule is COc1ccc(C(N)Cc2ccncc2Cl)cc1Br. The Labute approximate surface area is 125 Å². The highest BCUT2D eigenvalue weighted by molar-refractivity contribution is 9.10. The molecule has 0 saturated heterocycles. The molecule has 0 aliphatic heterocycles. The van der Waals surface area contributed by atoms with E-state index in [9.17, 15) is 0 Å². The number of hydrogen-bond donors (Lipinski definition) is 1. The maximum atomic E-state index is 6.22. The third-order valence-electron chi connectivity index (χ3n) is 2.90. The Morgan fingerprint density at radius 1 is 1.42 bits per heavy atom. The van der Waals surface area contributed by atoms with Gasteiger partial charge in [-0.3, -0.25) is 4.98 Å². The molecule has 1 aromatic heterocycles. The first kappa shape index (κ1) is 14.3. The van der Waals surface area contributed by atoms with Crippen molar-refractivity contribution < 1.29 is 4.74 Å². The molecular formula is C14H14BrClN2O. The molecule has 0 bridgehead atoms. The molecule has 5 heteroatoms. The molecule has 1 atom stereocenters. The summed E-state index contributed by atoms with van der Waals surface area (Å²) in [5.74, 6) is 0.790. The second-order valence-electron chi connectivity index (χ2n) is 4.17. The molecule has 3 nitrogen and oxygen atoms in total. The minimum Gasteiger partial charge on any atom is -0.496 e. The summed E-state index contributed by atoms with van der Waals surface area (Å²) in [6.45, 7) is 0. The summed E-state index contributed by atoms with van der Waals surface area (Å²) in [5, 5.41) is 0.644. The van der Waals surface area contributed by atoms with Gasteiger partial charge in [-0.15, -0.1) is 0 Å². The predicted molar refractivity (Wildman–Crippen MR) is 80.6 cm³/mol. The molecule has 0 aliphatic carbocycles. The molecular weight excluding hydrogens is 328 g/mol. The van der Waals surface area contributed by atoms with Gasteiger partial charge in [0.1, 0.15) is 5.75 Å². The van der Waals surface area contributed by atoms with Gasteiger partial charge in [-0.05, 0) is 51.7 Å². The summed E-state index contributed by atoms with van der Waals surface area (Å²) >= 11 is 9.55. The van der Waals surface area contributed by atoms with Gasteiger partial charge in [-0.2, -0.15) is 0 Å². The van der Waals surface area contributed by atoms with Gasteiger partial charge in [0, 0.05) is 18.4 Å². The Bertz CT molecular complexity index is 577. The summed E-state index contributed by atoms with van der Waals surface area (Å²) in [7, 11) is 1.64. The van der Waals surface area contributed by atoms with Gasteiger partial charge in [0.05, 0.1) is 16.6 Å². The molecule has 0 saturated carbocycles. The molecule has 0 amide bonds. The van der Waals surface area contributed by atoms with Gasteiger partial charge in [0.2, 0.25) is 0 Å². The van der Waals surface area contributed by atoms with Crippen LogP contribution in [-0.4, -0.2) is 12.1 Å². The quantitative estimate of drug-likeness (QED) is 0.921. The Kier molecular flexibility index (Phi) is 4.80. The van der Waals surface area contributed by atoms with Crippen LogP contribution in [0.3, 0.4) is 0 Å². The lowest BCUT2D eigenvalue weighted by Gasteiger charge is -2.14. The second-order valence-corrected chi connectivity index (χ2v) is 5.43. The molecule has 1 aromatic carbocycles. The van der Waals surface area contributed by atoms with Crippen molar-refractivity contribution in [2.45, 2.75) is 12.5 Å². The molecule has 1 unspecified atom stereocenters. The van der Waals surface area contributed by atoms with Crippen molar-refractivity contribution in [3.63, 3.8) is 0 Å². The van der Waals surface area contributed by atoms with Gasteiger partial charge < -0.3 is 10.5 Å². The number of rotatable bonds is 4. The number of ether oxygens (including phenoxy) is 1. The normalized spacial score (nSPS) is 12.2. The number of pyridine rings is 1. The van der Waals surface area contributed by atoms with E-state index in [1.165, 1.54) is 0 Å². The zero-order chi connectivity index (χ0) is 13.8. The van der Waals surface area contributed by atoms with Crippen LogP contribution < -0.4 is 10.5 Å². The van der Waals surface area contributed by atoms with E-state index in [1.807, 2.05) is 24.3 Å². The highest BCUT2D eigenvalue weighted by Crippen LogP contribution is 2.29. The van der Waals surface area contributed by atoms with Crippen LogP contribution in [0.4, 0.5) is 0 Å². The van der Waals surface area contributed by atoms with E-state index in [0.29, 0.717) is 11.4 Å². The minimum atomic E-state index is -0.123. The molecule has 0 aliphatic rings. The number of benzene rings is 1. The molecule has 0 spiro atoms. The average molecular weight is 342 g/mol. The molecule has 2 aromatic rings. The van der Waals surface area contributed by atoms with E-state index < -0.39 is 0 Å². The maximum absolute atomic E-state index is 6.22. The molecule has 100 valence electrons. The zero-order valence-electron chi connectivity index (χ0n) is 10.4. The van der Waals surface area contributed by atoms with Crippen LogP contribution in [0.5, 0.6) is 5.75 Å². The van der Waals surface area contributed by atoms with Crippen LogP contribution in [0.2, 0.25) is 5.02 Å². The van der Waals surface area contributed by atoms with Crippen molar-refractivity contribution >= 4 is 27.5 Å². The van der Waals surface area contributed by atoms with Crippen LogP contribution in [0, 0.1) is 0 Å². The van der Waals surface area contributed by atoms with Crippen molar-refractivity contribution in [3.05, 3.63) is 57.3 Å². The van der Waals surface area contributed by atoms with Crippen LogP contribution in [-0.2, 0) is 6.42 Å². The molecule has 0 fully saturated rings. The first-order chi connectivity index (χ1) is 9.11. The standard InChI is InChI=1S/C14H14BrClN2O/c1-19-14-3-2-10(6-11(14)15)13(17)7-9-4-5-18-8-12(9)16/h2-6,8,13H,7,17H2,1H3. The van der Waals surface area contributed by atoms with Gasteiger partial charge in [0.25, 0.3) is 0 Å². The molecule has 2 N–H and O–H groups in total. The lowest BCUT2D eigenvalue weighted by atomic mass is 10.0. The predicted octanol–water partition coefficient (Wildman–Crippen LogP) is 3.75. The molecule has 0 radical (unpaired) electrons. The van der Waals surface area contributed by atoms with E-state index in [0.717, 1.165) is 21.3 Å². The first-order valence-corrected chi connectivity index (χ1v) is 6.96. The van der Waals surface area contributed by atoms with Gasteiger partial charge in [-0.25, -0.2) is 0 Å². The van der Waals surface area contributed by atoms with E-state index in [-0.39, 0.29) is 6.04 Å². The smallest absolute Gasteiger partial charge is 0.133 e. The highest BCUT2D eigenvalue weighted by Gasteiger charge is 2.11. The van der Waals surface area contributed by atoms with Crippen LogP contribution in [0.15, 0.2) is 41.1 Å². The number of nitrogens with two attached hydrogens (primary N) is 1. The molecule has 2 rings (SSSR count). The van der Waals surface area contributed by atoms with Crippen molar-refractivity contribution in [3.8, 4) is 5.75 Å². The second kappa shape index (κ2) is 6.37. The monoisotopic (exact) mass is 340 g/mol. The molecule has 1 heterocycles. The summed E-state index contributed by atoms with van der Waals surface area (Å²) in [6.07, 6.45) is 4.02. The third kappa shape index (κ3) is 3.47. The average Bonchev–Trinajstić information content (AvgIpc) is 2.41. The van der Waals surface area contributed by atoms with Crippen LogP contribution in [0.25, 0.3) is 0 Å². The Morgan fingerprint density at radius 3 is 2.84 bits per heavy atom. The van der Waals surface area contributed by atoms with E-state index in [2.05, 4.69) is 20.9 Å². The van der Waals surface area contributed by atoms with E-state index >= 15 is 0 Å². The topological polar surface area (TPSA) is 48.1 Å². The Hall–Kier alpha value is -1.10. The van der Waals surface area contributed by atoms with Crippen molar-refractivity contribution in [2.75, 3.05) is 7.11 Å². The summed E-state index contributed by atoms with van der Waals surface area (Å²) in [4.78, 5) is 3.96. The number of nitrogens with zero attached hydrogens (tertiary/aromatic N) is 1. The van der Waals surface area contributed by atoms with Gasteiger partial charge >= 0.3 is 0 Å². The third-order valence-corrected chi connectivity index (χ3v) is 3.86.